The quantitative estimate of drug-likeness (QED) is 0.942. The van der Waals surface area contributed by atoms with Gasteiger partial charge in [-0.15, -0.1) is 0 Å². The van der Waals surface area contributed by atoms with E-state index in [9.17, 15) is 4.79 Å². The van der Waals surface area contributed by atoms with Crippen molar-refractivity contribution in [3.63, 3.8) is 0 Å². The average Bonchev–Trinajstić information content (AvgIpc) is 2.55. The van der Waals surface area contributed by atoms with Gasteiger partial charge in [-0.3, -0.25) is 0 Å². The third kappa shape index (κ3) is 2.97. The maximum atomic E-state index is 11.1. The fourth-order valence-electron chi connectivity index (χ4n) is 2.98. The normalized spacial score (nSPS) is 17.1. The molecule has 0 saturated heterocycles. The summed E-state index contributed by atoms with van der Waals surface area (Å²) in [6, 6.07) is 15.4. The molecule has 0 aliphatic carbocycles. The van der Waals surface area contributed by atoms with Crippen LogP contribution in [-0.2, 0) is 17.7 Å². The van der Waals surface area contributed by atoms with Crippen molar-refractivity contribution in [2.75, 3.05) is 18.6 Å². The monoisotopic (exact) mass is 297 g/mol. The molecule has 2 aromatic rings. The van der Waals surface area contributed by atoms with Crippen molar-refractivity contribution in [3.8, 4) is 0 Å². The number of carboxylic acids is 1. The second kappa shape index (κ2) is 6.20. The van der Waals surface area contributed by atoms with Crippen LogP contribution in [-0.4, -0.2) is 30.8 Å². The first-order chi connectivity index (χ1) is 10.7. The van der Waals surface area contributed by atoms with E-state index in [4.69, 9.17) is 9.84 Å². The molecule has 0 radical (unpaired) electrons. The molecule has 0 saturated carbocycles. The zero-order valence-corrected chi connectivity index (χ0v) is 12.5. The number of benzene rings is 2. The molecule has 0 amide bonds. The molecule has 1 atom stereocenters. The molecule has 0 aromatic heterocycles. The highest BCUT2D eigenvalue weighted by Gasteiger charge is 2.24. The van der Waals surface area contributed by atoms with Crippen LogP contribution in [0.25, 0.3) is 0 Å². The smallest absolute Gasteiger partial charge is 0.335 e. The second-order valence-electron chi connectivity index (χ2n) is 5.58. The van der Waals surface area contributed by atoms with E-state index in [1.807, 2.05) is 18.2 Å². The first-order valence-corrected chi connectivity index (χ1v) is 7.35. The summed E-state index contributed by atoms with van der Waals surface area (Å²) in [7, 11) is 1.74. The van der Waals surface area contributed by atoms with E-state index in [2.05, 4.69) is 17.0 Å². The fraction of sp³-hybridized carbons (Fsp3) is 0.278. The van der Waals surface area contributed by atoms with Crippen molar-refractivity contribution in [3.05, 3.63) is 65.2 Å². The summed E-state index contributed by atoms with van der Waals surface area (Å²) < 4.78 is 5.54. The van der Waals surface area contributed by atoms with Crippen LogP contribution in [0.1, 0.15) is 21.5 Å². The van der Waals surface area contributed by atoms with Crippen LogP contribution in [0.15, 0.2) is 48.5 Å². The minimum absolute atomic E-state index is 0.164. The van der Waals surface area contributed by atoms with Gasteiger partial charge in [0.05, 0.1) is 11.7 Å². The number of carbonyl (C=O) groups is 1. The van der Waals surface area contributed by atoms with Crippen LogP contribution >= 0.6 is 0 Å². The van der Waals surface area contributed by atoms with Crippen molar-refractivity contribution in [1.29, 1.82) is 0 Å². The molecule has 0 bridgehead atoms. The van der Waals surface area contributed by atoms with Crippen LogP contribution < -0.4 is 4.90 Å². The number of methoxy groups -OCH3 is 1. The van der Waals surface area contributed by atoms with Gasteiger partial charge in [0.2, 0.25) is 0 Å². The number of hydrogen-bond acceptors (Lipinski definition) is 3. The highest BCUT2D eigenvalue weighted by Crippen LogP contribution is 2.29. The number of ether oxygens (including phenoxy) is 1. The molecule has 1 N–H and O–H groups in total. The fourth-order valence-corrected chi connectivity index (χ4v) is 2.98. The van der Waals surface area contributed by atoms with Crippen LogP contribution in [0.3, 0.4) is 0 Å². The Hall–Kier alpha value is -2.33. The molecule has 3 rings (SSSR count). The van der Waals surface area contributed by atoms with Gasteiger partial charge < -0.3 is 14.7 Å². The van der Waals surface area contributed by atoms with Gasteiger partial charge >= 0.3 is 5.97 Å². The molecule has 4 nitrogen and oxygen atoms in total. The number of anilines is 1. The molecule has 2 aromatic carbocycles. The third-order valence-corrected chi connectivity index (χ3v) is 4.08. The van der Waals surface area contributed by atoms with Gasteiger partial charge in [-0.05, 0) is 29.3 Å². The maximum absolute atomic E-state index is 11.1. The van der Waals surface area contributed by atoms with E-state index >= 15 is 0 Å². The molecule has 1 heterocycles. The van der Waals surface area contributed by atoms with Gasteiger partial charge in [0.25, 0.3) is 0 Å². The van der Waals surface area contributed by atoms with Crippen LogP contribution in [0.2, 0.25) is 0 Å². The van der Waals surface area contributed by atoms with Crippen molar-refractivity contribution < 1.29 is 14.6 Å². The number of nitrogens with zero attached hydrogens (tertiary/aromatic N) is 1. The van der Waals surface area contributed by atoms with Gasteiger partial charge in [0, 0.05) is 32.3 Å². The van der Waals surface area contributed by atoms with Gasteiger partial charge in [-0.2, -0.15) is 0 Å². The molecule has 0 fully saturated rings. The zero-order chi connectivity index (χ0) is 15.5. The van der Waals surface area contributed by atoms with E-state index in [1.165, 1.54) is 11.3 Å². The Bertz CT molecular complexity index is 684. The number of aromatic carboxylic acids is 1. The van der Waals surface area contributed by atoms with Gasteiger partial charge in [0.1, 0.15) is 0 Å². The Balaban J connectivity index is 1.88. The first-order valence-electron chi connectivity index (χ1n) is 7.35. The van der Waals surface area contributed by atoms with Gasteiger partial charge in [0.15, 0.2) is 0 Å². The number of rotatable bonds is 4. The molecule has 1 unspecified atom stereocenters. The summed E-state index contributed by atoms with van der Waals surface area (Å²) in [6.07, 6.45) is 1.08. The van der Waals surface area contributed by atoms with E-state index in [1.54, 1.807) is 25.3 Å². The Kier molecular flexibility index (Phi) is 4.11. The zero-order valence-electron chi connectivity index (χ0n) is 12.5. The predicted octanol–water partition coefficient (Wildman–Crippen LogP) is 2.96. The highest BCUT2D eigenvalue weighted by atomic mass is 16.5. The van der Waals surface area contributed by atoms with Crippen molar-refractivity contribution >= 4 is 11.7 Å². The lowest BCUT2D eigenvalue weighted by Gasteiger charge is -2.35. The number of carboxylic acid groups (broad SMARTS) is 1. The summed E-state index contributed by atoms with van der Waals surface area (Å²) in [5.41, 5.74) is 3.80. The van der Waals surface area contributed by atoms with Crippen molar-refractivity contribution in [1.82, 2.24) is 0 Å². The van der Waals surface area contributed by atoms with Crippen LogP contribution in [0.5, 0.6) is 0 Å². The standard InChI is InChI=1S/C18H19NO3/c1-22-16-10-14-6-2-3-8-17(14)19(12-16)11-13-5-4-7-15(9-13)18(20)21/h2-9,16H,10-12H2,1H3,(H,20,21). The molecule has 22 heavy (non-hydrogen) atoms. The topological polar surface area (TPSA) is 49.8 Å². The Morgan fingerprint density at radius 3 is 2.86 bits per heavy atom. The molecule has 1 aliphatic heterocycles. The second-order valence-corrected chi connectivity index (χ2v) is 5.58. The van der Waals surface area contributed by atoms with Crippen LogP contribution in [0.4, 0.5) is 5.69 Å². The number of fused-ring (bicyclic) bond motifs is 1. The Morgan fingerprint density at radius 2 is 2.09 bits per heavy atom. The molecular weight excluding hydrogens is 278 g/mol. The molecule has 1 aliphatic rings. The Labute approximate surface area is 130 Å². The average molecular weight is 297 g/mol. The maximum Gasteiger partial charge on any atom is 0.335 e. The van der Waals surface area contributed by atoms with Gasteiger partial charge in [-0.1, -0.05) is 30.3 Å². The predicted molar refractivity (Wildman–Crippen MR) is 85.4 cm³/mol. The number of para-hydroxylation sites is 1. The van der Waals surface area contributed by atoms with Crippen molar-refractivity contribution in [2.24, 2.45) is 0 Å². The molecule has 0 spiro atoms. The summed E-state index contributed by atoms with van der Waals surface area (Å²) in [5, 5.41) is 9.12. The number of hydrogen-bond donors (Lipinski definition) is 1. The highest BCUT2D eigenvalue weighted by molar-refractivity contribution is 5.87. The van der Waals surface area contributed by atoms with E-state index in [0.29, 0.717) is 12.1 Å². The van der Waals surface area contributed by atoms with E-state index in [0.717, 1.165) is 18.5 Å². The summed E-state index contributed by atoms with van der Waals surface area (Å²) >= 11 is 0. The summed E-state index contributed by atoms with van der Waals surface area (Å²) in [5.74, 6) is -0.893. The minimum Gasteiger partial charge on any atom is -0.478 e. The SMILES string of the molecule is COC1Cc2ccccc2N(Cc2cccc(C(=O)O)c2)C1. The summed E-state index contributed by atoms with van der Waals surface area (Å²) in [6.45, 7) is 1.49. The van der Waals surface area contributed by atoms with Crippen LogP contribution in [0, 0.1) is 0 Å². The lowest BCUT2D eigenvalue weighted by atomic mass is 9.98. The largest absolute Gasteiger partial charge is 0.478 e. The summed E-state index contributed by atoms with van der Waals surface area (Å²) in [4.78, 5) is 13.4. The lowest BCUT2D eigenvalue weighted by Crippen LogP contribution is -2.39. The molecule has 4 heteroatoms. The minimum atomic E-state index is -0.893. The Morgan fingerprint density at radius 1 is 1.27 bits per heavy atom. The van der Waals surface area contributed by atoms with E-state index < -0.39 is 5.97 Å². The molecular formula is C18H19NO3. The lowest BCUT2D eigenvalue weighted by molar-refractivity contribution is 0.0696. The van der Waals surface area contributed by atoms with E-state index in [-0.39, 0.29) is 6.10 Å². The third-order valence-electron chi connectivity index (χ3n) is 4.08. The molecule has 114 valence electrons. The van der Waals surface area contributed by atoms with Crippen molar-refractivity contribution in [2.45, 2.75) is 19.1 Å². The first kappa shape index (κ1) is 14.6. The van der Waals surface area contributed by atoms with Gasteiger partial charge in [-0.25, -0.2) is 4.79 Å².